The Hall–Kier alpha value is -4.78. The average molecular weight is 1170 g/mol. The van der Waals surface area contributed by atoms with Crippen molar-refractivity contribution in [2.24, 2.45) is 10.2 Å². The molecule has 0 aliphatic carbocycles. The molecule has 0 amide bonds. The number of nitrogens with zero attached hydrogens (tertiary/aromatic N) is 10. The van der Waals surface area contributed by atoms with Crippen molar-refractivity contribution in [1.82, 2.24) is 19.1 Å². The molecule has 75 heavy (non-hydrogen) atoms. The number of rotatable bonds is 17. The van der Waals surface area contributed by atoms with Crippen molar-refractivity contribution in [3.05, 3.63) is 125 Å². The summed E-state index contributed by atoms with van der Waals surface area (Å²) in [5.41, 5.74) is 24.6. The van der Waals surface area contributed by atoms with Crippen LogP contribution in [-0.2, 0) is 50.3 Å². The summed E-state index contributed by atoms with van der Waals surface area (Å²) in [5.74, 6) is 0.339. The number of hydrogen-bond donors (Lipinski definition) is 3. The Balaban J connectivity index is 0.000000224. The monoisotopic (exact) mass is 1170 g/mol. The number of hydrogen-bond acceptors (Lipinski definition) is 22. The predicted octanol–water partition coefficient (Wildman–Crippen LogP) is 9.67. The quantitative estimate of drug-likeness (QED) is 0.0383. The second kappa shape index (κ2) is 25.6. The molecule has 0 spiro atoms. The molecule has 0 bridgehead atoms. The first-order chi connectivity index (χ1) is 35.1. The molecular formula is C41H54Cl3N12O16P3. The van der Waals surface area contributed by atoms with E-state index in [1.807, 2.05) is 0 Å². The molecular weight excluding hydrogens is 1120 g/mol. The van der Waals surface area contributed by atoms with Crippen molar-refractivity contribution >= 4 is 68.7 Å². The van der Waals surface area contributed by atoms with Crippen molar-refractivity contribution in [3.8, 4) is 11.5 Å². The van der Waals surface area contributed by atoms with Gasteiger partial charge >= 0.3 is 34.0 Å². The lowest BCUT2D eigenvalue weighted by molar-refractivity contribution is -0.0748. The highest BCUT2D eigenvalue weighted by molar-refractivity contribution is 7.81. The number of nitrogen functional groups attached to an aromatic ring is 2. The minimum atomic E-state index is -4.24. The number of aliphatic hydroxyl groups is 1. The summed E-state index contributed by atoms with van der Waals surface area (Å²) in [4.78, 5) is 37.5. The fourth-order valence-corrected chi connectivity index (χ4v) is 12.4. The molecule has 3 fully saturated rings. The van der Waals surface area contributed by atoms with Gasteiger partial charge in [0.2, 0.25) is 0 Å². The Morgan fingerprint density at radius 1 is 0.813 bits per heavy atom. The highest BCUT2D eigenvalue weighted by Gasteiger charge is 2.61. The molecule has 0 saturated carbocycles. The zero-order chi connectivity index (χ0) is 55.7. The second-order valence-corrected chi connectivity index (χ2v) is 23.8. The van der Waals surface area contributed by atoms with E-state index >= 15 is 0 Å². The molecule has 3 saturated heterocycles. The normalized spacial score (nSPS) is 27.5. The molecule has 2 aromatic heterocycles. The van der Waals surface area contributed by atoms with E-state index < -0.39 is 101 Å². The van der Waals surface area contributed by atoms with E-state index in [0.717, 1.165) is 9.13 Å². The third kappa shape index (κ3) is 15.7. The zero-order valence-electron chi connectivity index (χ0n) is 41.2. The van der Waals surface area contributed by atoms with Crippen LogP contribution in [-0.4, -0.2) is 91.2 Å². The smallest absolute Gasteiger partial charge is 0.412 e. The van der Waals surface area contributed by atoms with Gasteiger partial charge in [-0.05, 0) is 103 Å². The average Bonchev–Trinajstić information content (AvgIpc) is 3.71. The first-order valence-corrected chi connectivity index (χ1v) is 28.4. The Morgan fingerprint density at radius 2 is 1.31 bits per heavy atom. The number of ether oxygens (including phenoxy) is 2. The van der Waals surface area contributed by atoms with Crippen molar-refractivity contribution in [2.75, 3.05) is 24.7 Å². The molecule has 3 unspecified atom stereocenters. The van der Waals surface area contributed by atoms with Gasteiger partial charge in [0, 0.05) is 33.5 Å². The Kier molecular flexibility index (Phi) is 20.8. The summed E-state index contributed by atoms with van der Waals surface area (Å²) in [6.45, 7) is 8.75. The predicted molar refractivity (Wildman–Crippen MR) is 273 cm³/mol. The van der Waals surface area contributed by atoms with Gasteiger partial charge in [0.15, 0.2) is 12.5 Å². The minimum Gasteiger partial charge on any atom is -0.412 e. The molecule has 3 aliphatic heterocycles. The van der Waals surface area contributed by atoms with Crippen molar-refractivity contribution in [1.29, 1.82) is 0 Å². The maximum Gasteiger partial charge on any atom is 0.530 e. The number of anilines is 2. The number of halogens is 3. The number of phosphoric ester groups is 2. The van der Waals surface area contributed by atoms with Gasteiger partial charge in [-0.25, -0.2) is 23.3 Å². The SMILES string of the molecule is CC(C)OP(=O)(Cl)Oc1ccccc1Cl.CC(C)OP(=O)(OC[C@H]1O[C@@H](n2ccc(N)nc2=O)[C@](C)(N=[N+]=[N-])[C@@H]1O)Oc1ccccc1Cl.CC(C)OP1(=O)OC[C@H]2O[C@@H](n3ccc(N)nc3=O)[C@](C)(N=[N+]=[N-])[C@@H]2O1. The standard InChI is InChI=1S/C19H24ClN6O7P.C13H19N6O6P.C9H11Cl2O3P/c1-11(2)32-34(29,33-13-7-5-4-6-12(13)20)30-10-14-16(27)19(3,24-25-22)17(31-14)26-9-8-15(21)23-18(26)28;1-7(2)24-26(21)22-6-8-10(25-26)13(3,17-18-15)11(23-8)19-5-4-9(14)16-12(19)20;1-7(2)13-15(11,12)14-9-6-4-3-5-8(9)10/h4-9,11,14,16-17,27H,10H2,1-3H3,(H2,21,23,28);4-5,7-8,10-11H,6H2,1-3H3,(H2,14,16,20);3-7H,1-2H3/t14-,16-,17-,19-,34?;8-,10-,11-,13-,26?;/m11./s1. The largest absolute Gasteiger partial charge is 0.530 e. The van der Waals surface area contributed by atoms with Gasteiger partial charge in [-0.3, -0.25) is 36.3 Å². The number of benzene rings is 2. The summed E-state index contributed by atoms with van der Waals surface area (Å²) in [5, 5.41) is 18.9. The fourth-order valence-electron chi connectivity index (χ4n) is 7.23. The van der Waals surface area contributed by atoms with E-state index in [1.165, 1.54) is 50.5 Å². The third-order valence-corrected chi connectivity index (χ3v) is 15.7. The van der Waals surface area contributed by atoms with Crippen molar-refractivity contribution < 1.29 is 64.5 Å². The molecule has 0 radical (unpaired) electrons. The summed E-state index contributed by atoms with van der Waals surface area (Å²) >= 11 is 17.5. The number of aliphatic hydroxyl groups excluding tert-OH is 1. The van der Waals surface area contributed by atoms with Gasteiger partial charge in [-0.15, -0.1) is 0 Å². The van der Waals surface area contributed by atoms with Crippen LogP contribution in [0.5, 0.6) is 11.5 Å². The summed E-state index contributed by atoms with van der Waals surface area (Å²) in [6.07, 6.45) is -5.22. The topological polar surface area (TPSA) is 383 Å². The molecule has 34 heteroatoms. The van der Waals surface area contributed by atoms with E-state index in [2.05, 4.69) is 30.0 Å². The fraction of sp³-hybridized carbons (Fsp3) is 0.512. The molecule has 11 atom stereocenters. The van der Waals surface area contributed by atoms with Gasteiger partial charge in [-0.2, -0.15) is 9.97 Å². The van der Waals surface area contributed by atoms with Crippen molar-refractivity contribution in [3.63, 3.8) is 0 Å². The molecule has 4 aromatic rings. The van der Waals surface area contributed by atoms with Crippen LogP contribution >= 0.6 is 57.0 Å². The lowest BCUT2D eigenvalue weighted by Crippen LogP contribution is -2.47. The summed E-state index contributed by atoms with van der Waals surface area (Å²) < 4.78 is 93.7. The van der Waals surface area contributed by atoms with Crippen LogP contribution in [0.3, 0.4) is 0 Å². The third-order valence-electron chi connectivity index (χ3n) is 10.3. The van der Waals surface area contributed by atoms with E-state index in [1.54, 1.807) is 77.9 Å². The van der Waals surface area contributed by atoms with Crippen LogP contribution in [0, 0.1) is 0 Å². The lowest BCUT2D eigenvalue weighted by atomic mass is 9.93. The van der Waals surface area contributed by atoms with E-state index in [9.17, 15) is 28.4 Å². The number of fused-ring (bicyclic) bond motifs is 1. The summed E-state index contributed by atoms with van der Waals surface area (Å²) in [6, 6.07) is 15.7. The van der Waals surface area contributed by atoms with E-state index in [4.69, 9.17) is 103 Å². The highest BCUT2D eigenvalue weighted by atomic mass is 35.7. The second-order valence-electron chi connectivity index (χ2n) is 17.4. The first-order valence-electron chi connectivity index (χ1n) is 22.3. The Morgan fingerprint density at radius 3 is 1.79 bits per heavy atom. The Labute approximate surface area is 443 Å². The van der Waals surface area contributed by atoms with Crippen molar-refractivity contribution in [2.45, 2.75) is 122 Å². The molecule has 28 nitrogen and oxygen atoms in total. The van der Waals surface area contributed by atoms with Gasteiger partial charge < -0.3 is 35.1 Å². The van der Waals surface area contributed by atoms with Gasteiger partial charge in [-0.1, -0.05) is 57.7 Å². The molecule has 7 rings (SSSR count). The summed E-state index contributed by atoms with van der Waals surface area (Å²) in [7, 11) is -8.11. The van der Waals surface area contributed by atoms with Crippen LogP contribution in [0.15, 0.2) is 92.9 Å². The van der Waals surface area contributed by atoms with Crippen LogP contribution in [0.2, 0.25) is 10.0 Å². The van der Waals surface area contributed by atoms with Crippen LogP contribution < -0.4 is 31.9 Å². The first kappa shape index (κ1) is 61.1. The molecule has 2 aromatic carbocycles. The van der Waals surface area contributed by atoms with Crippen LogP contribution in [0.4, 0.5) is 11.6 Å². The minimum absolute atomic E-state index is 0.0198. The Bertz CT molecular complexity index is 3020. The van der Waals surface area contributed by atoms with Gasteiger partial charge in [0.1, 0.15) is 52.5 Å². The van der Waals surface area contributed by atoms with E-state index in [0.29, 0.717) is 5.02 Å². The molecule has 3 aliphatic rings. The molecule has 5 N–H and O–H groups in total. The molecule has 410 valence electrons. The maximum atomic E-state index is 13.3. The number of nitrogens with two attached hydrogens (primary N) is 2. The number of aromatic nitrogens is 4. The number of azide groups is 2. The zero-order valence-corrected chi connectivity index (χ0v) is 46.2. The maximum absolute atomic E-state index is 13.3. The highest BCUT2D eigenvalue weighted by Crippen LogP contribution is 2.60. The lowest BCUT2D eigenvalue weighted by Gasteiger charge is -2.35. The molecule has 5 heterocycles. The number of para-hydroxylation sites is 2. The van der Waals surface area contributed by atoms with E-state index in [-0.39, 0.29) is 40.9 Å². The number of phosphoric acid groups is 2. The van der Waals surface area contributed by atoms with Crippen LogP contribution in [0.1, 0.15) is 67.8 Å². The van der Waals surface area contributed by atoms with Gasteiger partial charge in [0.25, 0.3) is 0 Å². The van der Waals surface area contributed by atoms with Gasteiger partial charge in [0.05, 0.1) is 47.7 Å². The van der Waals surface area contributed by atoms with Crippen LogP contribution in [0.25, 0.3) is 20.9 Å².